The van der Waals surface area contributed by atoms with Crippen molar-refractivity contribution in [3.05, 3.63) is 29.3 Å². The number of rotatable bonds is 5. The van der Waals surface area contributed by atoms with E-state index in [4.69, 9.17) is 0 Å². The number of carbonyl (C=O) groups excluding carboxylic acids is 1. The van der Waals surface area contributed by atoms with Crippen molar-refractivity contribution in [2.75, 3.05) is 17.1 Å². The topological polar surface area (TPSA) is 66.5 Å². The van der Waals surface area contributed by atoms with Crippen molar-refractivity contribution in [2.24, 2.45) is 11.8 Å². The lowest BCUT2D eigenvalue weighted by molar-refractivity contribution is -0.120. The molecular weight excluding hydrogens is 324 g/mol. The summed E-state index contributed by atoms with van der Waals surface area (Å²) in [4.78, 5) is 12.5. The van der Waals surface area contributed by atoms with E-state index in [1.807, 2.05) is 26.0 Å². The molecule has 3 rings (SSSR count). The molecule has 6 heteroatoms. The van der Waals surface area contributed by atoms with Crippen LogP contribution in [-0.4, -0.2) is 33.2 Å². The van der Waals surface area contributed by atoms with Gasteiger partial charge in [-0.25, -0.2) is 8.42 Å². The second kappa shape index (κ2) is 6.39. The van der Waals surface area contributed by atoms with Gasteiger partial charge in [0.25, 0.3) is 0 Å². The minimum Gasteiger partial charge on any atom is -0.352 e. The first-order valence-corrected chi connectivity index (χ1v) is 10.4. The molecule has 1 aromatic rings. The van der Waals surface area contributed by atoms with E-state index in [1.165, 1.54) is 23.6 Å². The molecule has 3 atom stereocenters. The molecule has 0 unspecified atom stereocenters. The number of nitrogens with zero attached hydrogens (tertiary/aromatic N) is 1. The molecule has 2 fully saturated rings. The summed E-state index contributed by atoms with van der Waals surface area (Å²) in [5.41, 5.74) is 2.50. The second-order valence-corrected chi connectivity index (χ2v) is 9.32. The van der Waals surface area contributed by atoms with Gasteiger partial charge in [-0.05, 0) is 56.6 Å². The monoisotopic (exact) mass is 350 g/mol. The molecular formula is C18H26N2O3S. The fourth-order valence-electron chi connectivity index (χ4n) is 4.27. The fraction of sp³-hybridized carbons (Fsp3) is 0.611. The van der Waals surface area contributed by atoms with E-state index in [-0.39, 0.29) is 18.5 Å². The van der Waals surface area contributed by atoms with Crippen LogP contribution in [0.4, 0.5) is 5.69 Å². The van der Waals surface area contributed by atoms with Crippen LogP contribution >= 0.6 is 0 Å². The van der Waals surface area contributed by atoms with Gasteiger partial charge < -0.3 is 5.32 Å². The summed E-state index contributed by atoms with van der Waals surface area (Å²) in [5.74, 6) is 1.11. The molecule has 132 valence electrons. The van der Waals surface area contributed by atoms with Crippen LogP contribution in [-0.2, 0) is 14.8 Å². The molecule has 5 nitrogen and oxygen atoms in total. The number of fused-ring (bicyclic) bond motifs is 2. The first-order valence-electron chi connectivity index (χ1n) is 8.58. The molecule has 1 aromatic carbocycles. The maximum absolute atomic E-state index is 12.5. The molecule has 2 saturated carbocycles. The van der Waals surface area contributed by atoms with Gasteiger partial charge in [-0.3, -0.25) is 9.10 Å². The normalized spacial score (nSPS) is 25.7. The molecule has 24 heavy (non-hydrogen) atoms. The van der Waals surface area contributed by atoms with Gasteiger partial charge in [0.05, 0.1) is 11.9 Å². The zero-order valence-corrected chi connectivity index (χ0v) is 15.4. The second-order valence-electron chi connectivity index (χ2n) is 7.41. The van der Waals surface area contributed by atoms with Crippen molar-refractivity contribution in [1.29, 1.82) is 0 Å². The third-order valence-corrected chi connectivity index (χ3v) is 6.52. The Morgan fingerprint density at radius 1 is 1.25 bits per heavy atom. The summed E-state index contributed by atoms with van der Waals surface area (Å²) in [7, 11) is -3.52. The van der Waals surface area contributed by atoms with Gasteiger partial charge in [0.15, 0.2) is 0 Å². The minimum atomic E-state index is -3.52. The molecule has 2 aliphatic rings. The minimum absolute atomic E-state index is 0.156. The predicted octanol–water partition coefficient (Wildman–Crippen LogP) is 2.37. The Morgan fingerprint density at radius 3 is 2.54 bits per heavy atom. The molecule has 1 N–H and O–H groups in total. The number of aryl methyl sites for hydroxylation is 2. The average Bonchev–Trinajstić information content (AvgIpc) is 3.07. The van der Waals surface area contributed by atoms with Gasteiger partial charge >= 0.3 is 0 Å². The Labute approximate surface area is 144 Å². The van der Waals surface area contributed by atoms with Gasteiger partial charge in [-0.1, -0.05) is 24.1 Å². The van der Waals surface area contributed by atoms with Crippen molar-refractivity contribution in [2.45, 2.75) is 45.6 Å². The van der Waals surface area contributed by atoms with Crippen molar-refractivity contribution in [1.82, 2.24) is 5.32 Å². The van der Waals surface area contributed by atoms with Crippen molar-refractivity contribution in [3.63, 3.8) is 0 Å². The maximum Gasteiger partial charge on any atom is 0.241 e. The number of benzene rings is 1. The number of nitrogens with one attached hydrogen (secondary N) is 1. The molecule has 0 heterocycles. The van der Waals surface area contributed by atoms with Gasteiger partial charge in [-0.2, -0.15) is 0 Å². The zero-order valence-electron chi connectivity index (χ0n) is 14.6. The summed E-state index contributed by atoms with van der Waals surface area (Å²) < 4.78 is 25.6. The third kappa shape index (κ3) is 3.58. The number of sulfonamides is 1. The number of hydrogen-bond donors (Lipinski definition) is 1. The molecule has 0 radical (unpaired) electrons. The summed E-state index contributed by atoms with van der Waals surface area (Å²) in [6.45, 7) is 3.67. The van der Waals surface area contributed by atoms with Gasteiger partial charge in [-0.15, -0.1) is 0 Å². The van der Waals surface area contributed by atoms with E-state index < -0.39 is 10.0 Å². The quantitative estimate of drug-likeness (QED) is 0.886. The summed E-state index contributed by atoms with van der Waals surface area (Å²) in [6.07, 6.45) is 5.85. The van der Waals surface area contributed by atoms with Crippen molar-refractivity contribution < 1.29 is 13.2 Å². The molecule has 0 aromatic heterocycles. The average molecular weight is 350 g/mol. The molecule has 1 amide bonds. The molecule has 0 saturated heterocycles. The van der Waals surface area contributed by atoms with Gasteiger partial charge in [0, 0.05) is 6.04 Å². The van der Waals surface area contributed by atoms with Crippen LogP contribution in [0.1, 0.15) is 36.8 Å². The molecule has 0 spiro atoms. The van der Waals surface area contributed by atoms with Crippen LogP contribution in [0.5, 0.6) is 0 Å². The predicted molar refractivity (Wildman–Crippen MR) is 95.5 cm³/mol. The van der Waals surface area contributed by atoms with E-state index in [2.05, 4.69) is 5.32 Å². The maximum atomic E-state index is 12.5. The van der Waals surface area contributed by atoms with Crippen LogP contribution in [0.15, 0.2) is 18.2 Å². The Hall–Kier alpha value is -1.56. The lowest BCUT2D eigenvalue weighted by Gasteiger charge is -2.27. The highest BCUT2D eigenvalue weighted by Gasteiger charge is 2.40. The van der Waals surface area contributed by atoms with Crippen LogP contribution < -0.4 is 9.62 Å². The third-order valence-electron chi connectivity index (χ3n) is 5.39. The van der Waals surface area contributed by atoms with Crippen molar-refractivity contribution >= 4 is 21.6 Å². The molecule has 2 bridgehead atoms. The van der Waals surface area contributed by atoms with E-state index in [9.17, 15) is 13.2 Å². The smallest absolute Gasteiger partial charge is 0.241 e. The van der Waals surface area contributed by atoms with Crippen molar-refractivity contribution in [3.8, 4) is 0 Å². The molecule has 0 aliphatic heterocycles. The van der Waals surface area contributed by atoms with E-state index in [0.717, 1.165) is 29.7 Å². The summed E-state index contributed by atoms with van der Waals surface area (Å²) in [6, 6.07) is 5.79. The summed E-state index contributed by atoms with van der Waals surface area (Å²) in [5, 5.41) is 3.07. The Kier molecular flexibility index (Phi) is 4.60. The molecule has 2 aliphatic carbocycles. The lowest BCUT2D eigenvalue weighted by atomic mass is 9.95. The van der Waals surface area contributed by atoms with E-state index in [0.29, 0.717) is 11.6 Å². The van der Waals surface area contributed by atoms with Crippen LogP contribution in [0.3, 0.4) is 0 Å². The largest absolute Gasteiger partial charge is 0.352 e. The SMILES string of the molecule is Cc1ccc(N(CC(=O)N[C@@H]2C[C@H]3CC[C@@H]2C3)S(C)(=O)=O)c(C)c1. The fourth-order valence-corrected chi connectivity index (χ4v) is 5.18. The van der Waals surface area contributed by atoms with Crippen LogP contribution in [0.2, 0.25) is 0 Å². The zero-order chi connectivity index (χ0) is 17.5. The lowest BCUT2D eigenvalue weighted by Crippen LogP contribution is -2.45. The Balaban J connectivity index is 1.74. The number of carbonyl (C=O) groups is 1. The van der Waals surface area contributed by atoms with E-state index in [1.54, 1.807) is 6.07 Å². The van der Waals surface area contributed by atoms with Gasteiger partial charge in [0.2, 0.25) is 15.9 Å². The standard InChI is InChI=1S/C18H26N2O3S/c1-12-4-7-17(13(2)8-12)20(24(3,22)23)11-18(21)19-16-10-14-5-6-15(16)9-14/h4,7-8,14-16H,5-6,9-11H2,1-3H3,(H,19,21)/t14-,15+,16+/m0/s1. The van der Waals surface area contributed by atoms with Gasteiger partial charge in [0.1, 0.15) is 6.54 Å². The number of anilines is 1. The summed E-state index contributed by atoms with van der Waals surface area (Å²) >= 11 is 0. The highest BCUT2D eigenvalue weighted by atomic mass is 32.2. The van der Waals surface area contributed by atoms with E-state index >= 15 is 0 Å². The highest BCUT2D eigenvalue weighted by molar-refractivity contribution is 7.92. The van der Waals surface area contributed by atoms with Crippen LogP contribution in [0, 0.1) is 25.7 Å². The Morgan fingerprint density at radius 2 is 2.00 bits per heavy atom. The number of hydrogen-bond acceptors (Lipinski definition) is 3. The first-order chi connectivity index (χ1) is 11.2. The van der Waals surface area contributed by atoms with Crippen LogP contribution in [0.25, 0.3) is 0 Å². The number of amides is 1. The highest BCUT2D eigenvalue weighted by Crippen LogP contribution is 2.44. The first kappa shape index (κ1) is 17.3. The Bertz CT molecular complexity index is 745.